The van der Waals surface area contributed by atoms with Gasteiger partial charge in [0.05, 0.1) is 13.2 Å². The van der Waals surface area contributed by atoms with Crippen LogP contribution in [-0.2, 0) is 23.9 Å². The lowest BCUT2D eigenvalue weighted by Crippen LogP contribution is -2.47. The fraction of sp³-hybridized carbons (Fsp3) is 0.708. The van der Waals surface area contributed by atoms with E-state index in [2.05, 4.69) is 85.2 Å². The smallest absolute Gasteiger partial charge is 0.328 e. The zero-order valence-corrected chi connectivity index (χ0v) is 36.1. The first-order valence-electron chi connectivity index (χ1n) is 22.7. The molecule has 0 aliphatic carbocycles. The molecule has 0 aromatic carbocycles. The molecule has 4 N–H and O–H groups in total. The molecule has 2 unspecified atom stereocenters. The second-order valence-corrected chi connectivity index (χ2v) is 15.1. The van der Waals surface area contributed by atoms with Gasteiger partial charge in [0.15, 0.2) is 0 Å². The number of ether oxygens (including phenoxy) is 1. The highest BCUT2D eigenvalue weighted by atomic mass is 16.5. The van der Waals surface area contributed by atoms with Crippen molar-refractivity contribution in [3.63, 3.8) is 0 Å². The van der Waals surface area contributed by atoms with Crippen molar-refractivity contribution in [1.29, 1.82) is 0 Å². The van der Waals surface area contributed by atoms with Crippen LogP contribution in [0.1, 0.15) is 194 Å². The van der Waals surface area contributed by atoms with Crippen LogP contribution in [0, 0.1) is 0 Å². The van der Waals surface area contributed by atoms with Gasteiger partial charge in [-0.3, -0.25) is 14.4 Å². The van der Waals surface area contributed by atoms with Crippen LogP contribution in [0.25, 0.3) is 0 Å². The van der Waals surface area contributed by atoms with Crippen molar-refractivity contribution < 1.29 is 34.1 Å². The Bertz CT molecular complexity index is 1140. The van der Waals surface area contributed by atoms with E-state index in [-0.39, 0.29) is 24.5 Å². The van der Waals surface area contributed by atoms with E-state index >= 15 is 0 Å². The van der Waals surface area contributed by atoms with E-state index in [9.17, 15) is 19.2 Å². The van der Waals surface area contributed by atoms with Crippen LogP contribution >= 0.6 is 0 Å². The summed E-state index contributed by atoms with van der Waals surface area (Å²) < 4.78 is 5.99. The van der Waals surface area contributed by atoms with E-state index in [0.29, 0.717) is 19.3 Å². The van der Waals surface area contributed by atoms with Crippen molar-refractivity contribution >= 4 is 23.8 Å². The summed E-state index contributed by atoms with van der Waals surface area (Å²) in [5, 5.41) is 22.5. The summed E-state index contributed by atoms with van der Waals surface area (Å²) in [6.45, 7) is 3.34. The van der Waals surface area contributed by atoms with Crippen molar-refractivity contribution in [2.24, 2.45) is 0 Å². The van der Waals surface area contributed by atoms with Crippen molar-refractivity contribution in [2.45, 2.75) is 206 Å². The Hall–Kier alpha value is -3.46. The van der Waals surface area contributed by atoms with Gasteiger partial charge in [0.2, 0.25) is 11.8 Å². The number of aliphatic hydroxyl groups is 1. The highest BCUT2D eigenvalue weighted by molar-refractivity contribution is 5.87. The molecule has 9 heteroatoms. The number of unbranched alkanes of at least 4 members (excludes halogenated alkanes) is 16. The second kappa shape index (κ2) is 42.2. The standard InChI is InChI=1S/C48H82N2O7/c1-3-5-7-9-11-12-13-14-15-16-17-18-19-20-21-22-23-24-25-26-27-32-36-40-47(54)57-43(37-33-29-10-8-6-4-2)38-34-30-28-31-35-39-45(52)49-41-46(53)50-44(42-51)48(55)56/h5,7,11-12,14-15,17-18,20-21,43-44,51H,3-4,6,8-10,13,16,19,22-42H2,1-2H3,(H,49,52)(H,50,53)(H,55,56)/b7-5-,12-11-,15-14-,18-17-,21-20-. The van der Waals surface area contributed by atoms with E-state index in [4.69, 9.17) is 14.9 Å². The Kier molecular flexibility index (Phi) is 39.6. The lowest BCUT2D eigenvalue weighted by molar-refractivity contribution is -0.150. The quantitative estimate of drug-likeness (QED) is 0.0275. The summed E-state index contributed by atoms with van der Waals surface area (Å²) in [6, 6.07) is -1.38. The maximum Gasteiger partial charge on any atom is 0.328 e. The van der Waals surface area contributed by atoms with Gasteiger partial charge >= 0.3 is 11.9 Å². The number of amides is 2. The Labute approximate surface area is 347 Å². The molecule has 0 heterocycles. The number of aliphatic hydroxyl groups excluding tert-OH is 1. The van der Waals surface area contributed by atoms with Crippen LogP contribution < -0.4 is 10.6 Å². The fourth-order valence-corrected chi connectivity index (χ4v) is 6.33. The van der Waals surface area contributed by atoms with Crippen LogP contribution in [0.5, 0.6) is 0 Å². The number of carboxylic acids is 1. The Morgan fingerprint density at radius 2 is 1.00 bits per heavy atom. The number of allylic oxidation sites excluding steroid dienone is 10. The summed E-state index contributed by atoms with van der Waals surface area (Å²) in [6.07, 6.45) is 51.2. The lowest BCUT2D eigenvalue weighted by Gasteiger charge is -2.18. The van der Waals surface area contributed by atoms with Crippen molar-refractivity contribution in [3.05, 3.63) is 60.8 Å². The number of nitrogens with one attached hydrogen (secondary N) is 2. The number of carbonyl (C=O) groups is 4. The summed E-state index contributed by atoms with van der Waals surface area (Å²) >= 11 is 0. The van der Waals surface area contributed by atoms with Crippen LogP contribution in [-0.4, -0.2) is 59.3 Å². The number of rotatable bonds is 40. The van der Waals surface area contributed by atoms with Crippen LogP contribution in [0.2, 0.25) is 0 Å². The van der Waals surface area contributed by atoms with Gasteiger partial charge in [-0.25, -0.2) is 4.79 Å². The lowest BCUT2D eigenvalue weighted by atomic mass is 10.0. The predicted molar refractivity (Wildman–Crippen MR) is 236 cm³/mol. The molecule has 0 fully saturated rings. The number of hydrogen-bond acceptors (Lipinski definition) is 6. The zero-order valence-electron chi connectivity index (χ0n) is 36.1. The van der Waals surface area contributed by atoms with Crippen LogP contribution in [0.4, 0.5) is 0 Å². The van der Waals surface area contributed by atoms with E-state index in [0.717, 1.165) is 96.3 Å². The van der Waals surface area contributed by atoms with Gasteiger partial charge in [-0.05, 0) is 83.5 Å². The van der Waals surface area contributed by atoms with Gasteiger partial charge in [-0.2, -0.15) is 0 Å². The minimum absolute atomic E-state index is 0.0184. The third-order valence-corrected chi connectivity index (χ3v) is 9.78. The number of aliphatic carboxylic acids is 1. The highest BCUT2D eigenvalue weighted by Crippen LogP contribution is 2.18. The molecule has 0 bridgehead atoms. The van der Waals surface area contributed by atoms with Crippen molar-refractivity contribution in [1.82, 2.24) is 10.6 Å². The first-order chi connectivity index (χ1) is 27.8. The predicted octanol–water partition coefficient (Wildman–Crippen LogP) is 11.3. The maximum atomic E-state index is 12.7. The molecule has 57 heavy (non-hydrogen) atoms. The van der Waals surface area contributed by atoms with Gasteiger partial charge in [-0.15, -0.1) is 0 Å². The minimum Gasteiger partial charge on any atom is -0.480 e. The Morgan fingerprint density at radius 1 is 0.544 bits per heavy atom. The second-order valence-electron chi connectivity index (χ2n) is 15.1. The van der Waals surface area contributed by atoms with Crippen LogP contribution in [0.3, 0.4) is 0 Å². The molecule has 0 rings (SSSR count). The third-order valence-electron chi connectivity index (χ3n) is 9.78. The molecular weight excluding hydrogens is 717 g/mol. The van der Waals surface area contributed by atoms with Crippen molar-refractivity contribution in [2.75, 3.05) is 13.2 Å². The molecule has 0 aliphatic heterocycles. The average molecular weight is 799 g/mol. The SMILES string of the molecule is CC/C=C\C/C=C\C/C=C\C/C=C\C/C=C\CCCCCCCCCC(=O)OC(CCCCCCCC)CCCCCCCC(=O)NCC(=O)NC(CO)C(=O)O. The minimum atomic E-state index is -1.38. The first-order valence-corrected chi connectivity index (χ1v) is 22.7. The Morgan fingerprint density at radius 3 is 1.51 bits per heavy atom. The van der Waals surface area contributed by atoms with Gasteiger partial charge in [0, 0.05) is 12.8 Å². The molecule has 326 valence electrons. The van der Waals surface area contributed by atoms with Gasteiger partial charge < -0.3 is 25.6 Å². The molecule has 0 saturated carbocycles. The van der Waals surface area contributed by atoms with E-state index in [1.807, 2.05) is 0 Å². The number of esters is 1. The van der Waals surface area contributed by atoms with Crippen LogP contribution in [0.15, 0.2) is 60.8 Å². The summed E-state index contributed by atoms with van der Waals surface area (Å²) in [5.74, 6) is -2.31. The molecule has 0 spiro atoms. The normalized spacial score (nSPS) is 13.0. The highest BCUT2D eigenvalue weighted by Gasteiger charge is 2.19. The van der Waals surface area contributed by atoms with Crippen molar-refractivity contribution in [3.8, 4) is 0 Å². The molecule has 9 nitrogen and oxygen atoms in total. The molecule has 0 aromatic rings. The largest absolute Gasteiger partial charge is 0.480 e. The Balaban J connectivity index is 4.07. The zero-order chi connectivity index (χ0) is 41.9. The molecule has 2 amide bonds. The summed E-state index contributed by atoms with van der Waals surface area (Å²) in [7, 11) is 0. The van der Waals surface area contributed by atoms with Gasteiger partial charge in [-0.1, -0.05) is 158 Å². The fourth-order valence-electron chi connectivity index (χ4n) is 6.33. The monoisotopic (exact) mass is 799 g/mol. The molecule has 0 aromatic heterocycles. The van der Waals surface area contributed by atoms with E-state index in [1.54, 1.807) is 0 Å². The molecule has 0 saturated heterocycles. The maximum absolute atomic E-state index is 12.7. The molecule has 2 atom stereocenters. The molecule has 0 aliphatic rings. The summed E-state index contributed by atoms with van der Waals surface area (Å²) in [4.78, 5) is 47.5. The number of hydrogen-bond donors (Lipinski definition) is 4. The topological polar surface area (TPSA) is 142 Å². The summed E-state index contributed by atoms with van der Waals surface area (Å²) in [5.41, 5.74) is 0. The van der Waals surface area contributed by atoms with Gasteiger partial charge in [0.25, 0.3) is 0 Å². The average Bonchev–Trinajstić information content (AvgIpc) is 3.20. The number of carboxylic acid groups (broad SMARTS) is 1. The number of carbonyl (C=O) groups excluding carboxylic acids is 3. The molecular formula is C48H82N2O7. The first kappa shape index (κ1) is 53.5. The van der Waals surface area contributed by atoms with Gasteiger partial charge in [0.1, 0.15) is 12.1 Å². The van der Waals surface area contributed by atoms with E-state index < -0.39 is 24.5 Å². The molecule has 0 radical (unpaired) electrons. The van der Waals surface area contributed by atoms with E-state index in [1.165, 1.54) is 64.2 Å². The third kappa shape index (κ3) is 39.2.